The molecule has 20 heavy (non-hydrogen) atoms. The number of benzene rings is 1. The second kappa shape index (κ2) is 5.51. The van der Waals surface area contributed by atoms with Crippen molar-refractivity contribution in [3.05, 3.63) is 22.7 Å². The van der Waals surface area contributed by atoms with Crippen molar-refractivity contribution in [2.75, 3.05) is 18.9 Å². The van der Waals surface area contributed by atoms with E-state index >= 15 is 0 Å². The number of likely N-dealkylation sites (tertiary alicyclic amines) is 1. The number of halogens is 4. The largest absolute Gasteiger partial charge is 0.573 e. The molecule has 4 nitrogen and oxygen atoms in total. The van der Waals surface area contributed by atoms with Gasteiger partial charge in [-0.25, -0.2) is 0 Å². The fourth-order valence-electron chi connectivity index (χ4n) is 1.97. The van der Waals surface area contributed by atoms with Gasteiger partial charge in [-0.15, -0.1) is 13.2 Å². The van der Waals surface area contributed by atoms with Gasteiger partial charge in [0.1, 0.15) is 6.04 Å². The molecule has 8 heteroatoms. The van der Waals surface area contributed by atoms with Crippen LogP contribution in [-0.4, -0.2) is 36.8 Å². The number of ether oxygens (including phenoxy) is 1. The molecule has 1 unspecified atom stereocenters. The Labute approximate surface area is 122 Å². The second-order valence-electron chi connectivity index (χ2n) is 4.43. The van der Waals surface area contributed by atoms with Gasteiger partial charge in [0.05, 0.1) is 5.69 Å². The Morgan fingerprint density at radius 2 is 2.15 bits per heavy atom. The Morgan fingerprint density at radius 3 is 2.70 bits per heavy atom. The topological polar surface area (TPSA) is 41.6 Å². The standard InChI is InChI=1S/C12H12BrF3N2O2/c1-18-5-4-9(11(18)19)17-8-3-2-7(13)6-10(8)20-12(14,15)16/h2-3,6,9,17H,4-5H2,1H3. The number of alkyl halides is 3. The molecule has 2 rings (SSSR count). The van der Waals surface area contributed by atoms with Gasteiger partial charge in [-0.2, -0.15) is 0 Å². The molecule has 1 aliphatic rings. The van der Waals surface area contributed by atoms with Crippen molar-refractivity contribution in [1.82, 2.24) is 4.90 Å². The van der Waals surface area contributed by atoms with Gasteiger partial charge in [0.2, 0.25) is 5.91 Å². The van der Waals surface area contributed by atoms with Crippen LogP contribution in [0.5, 0.6) is 5.75 Å². The Kier molecular flexibility index (Phi) is 4.12. The third kappa shape index (κ3) is 3.56. The highest BCUT2D eigenvalue weighted by atomic mass is 79.9. The van der Waals surface area contributed by atoms with E-state index in [1.165, 1.54) is 17.0 Å². The van der Waals surface area contributed by atoms with Gasteiger partial charge in [-0.05, 0) is 24.6 Å². The molecule has 0 spiro atoms. The molecule has 1 heterocycles. The van der Waals surface area contributed by atoms with E-state index in [0.29, 0.717) is 17.4 Å². The maximum Gasteiger partial charge on any atom is 0.573 e. The summed E-state index contributed by atoms with van der Waals surface area (Å²) in [7, 11) is 1.65. The molecule has 1 aromatic carbocycles. The molecule has 1 atom stereocenters. The van der Waals surface area contributed by atoms with Crippen molar-refractivity contribution < 1.29 is 22.7 Å². The summed E-state index contributed by atoms with van der Waals surface area (Å²) < 4.78 is 41.5. The fourth-order valence-corrected chi connectivity index (χ4v) is 2.31. The SMILES string of the molecule is CN1CCC(Nc2ccc(Br)cc2OC(F)(F)F)C1=O. The number of amides is 1. The van der Waals surface area contributed by atoms with Crippen LogP contribution in [0.25, 0.3) is 0 Å². The van der Waals surface area contributed by atoms with E-state index in [1.54, 1.807) is 13.1 Å². The number of nitrogens with zero attached hydrogens (tertiary/aromatic N) is 1. The maximum absolute atomic E-state index is 12.4. The Morgan fingerprint density at radius 1 is 1.45 bits per heavy atom. The smallest absolute Gasteiger partial charge is 0.404 e. The molecule has 1 aliphatic heterocycles. The monoisotopic (exact) mass is 352 g/mol. The van der Waals surface area contributed by atoms with E-state index in [0.717, 1.165) is 0 Å². The average molecular weight is 353 g/mol. The van der Waals surface area contributed by atoms with E-state index < -0.39 is 12.4 Å². The first-order valence-corrected chi connectivity index (χ1v) is 6.62. The zero-order valence-corrected chi connectivity index (χ0v) is 12.1. The Balaban J connectivity index is 2.21. The first-order chi connectivity index (χ1) is 9.26. The van der Waals surface area contributed by atoms with Gasteiger partial charge in [0.15, 0.2) is 5.75 Å². The van der Waals surface area contributed by atoms with Crippen LogP contribution in [0.15, 0.2) is 22.7 Å². The maximum atomic E-state index is 12.4. The lowest BCUT2D eigenvalue weighted by atomic mass is 10.2. The Bertz CT molecular complexity index is 522. The van der Waals surface area contributed by atoms with Crippen LogP contribution in [0.1, 0.15) is 6.42 Å². The van der Waals surface area contributed by atoms with Crippen LogP contribution < -0.4 is 10.1 Å². The van der Waals surface area contributed by atoms with Crippen molar-refractivity contribution in [3.63, 3.8) is 0 Å². The van der Waals surface area contributed by atoms with Crippen molar-refractivity contribution in [3.8, 4) is 5.75 Å². The van der Waals surface area contributed by atoms with Crippen molar-refractivity contribution >= 4 is 27.5 Å². The van der Waals surface area contributed by atoms with Crippen molar-refractivity contribution in [2.24, 2.45) is 0 Å². The van der Waals surface area contributed by atoms with Crippen LogP contribution >= 0.6 is 15.9 Å². The lowest BCUT2D eigenvalue weighted by molar-refractivity contribution is -0.274. The summed E-state index contributed by atoms with van der Waals surface area (Å²) in [6.45, 7) is 0.572. The molecular weight excluding hydrogens is 341 g/mol. The predicted molar refractivity (Wildman–Crippen MR) is 70.5 cm³/mol. The number of hydrogen-bond donors (Lipinski definition) is 1. The number of nitrogens with one attached hydrogen (secondary N) is 1. The van der Waals surface area contributed by atoms with E-state index in [9.17, 15) is 18.0 Å². The predicted octanol–water partition coefficient (Wildman–Crippen LogP) is 2.99. The highest BCUT2D eigenvalue weighted by Crippen LogP contribution is 2.34. The van der Waals surface area contributed by atoms with Gasteiger partial charge in [0, 0.05) is 18.1 Å². The van der Waals surface area contributed by atoms with Crippen LogP contribution in [0.4, 0.5) is 18.9 Å². The fraction of sp³-hybridized carbons (Fsp3) is 0.417. The van der Waals surface area contributed by atoms with Gasteiger partial charge < -0.3 is 15.0 Å². The highest BCUT2D eigenvalue weighted by molar-refractivity contribution is 9.10. The van der Waals surface area contributed by atoms with Gasteiger partial charge >= 0.3 is 6.36 Å². The van der Waals surface area contributed by atoms with Gasteiger partial charge in [-0.1, -0.05) is 15.9 Å². The number of carbonyl (C=O) groups excluding carboxylic acids is 1. The minimum absolute atomic E-state index is 0.138. The van der Waals surface area contributed by atoms with Crippen molar-refractivity contribution in [2.45, 2.75) is 18.8 Å². The number of likely N-dealkylation sites (N-methyl/N-ethyl adjacent to an activating group) is 1. The van der Waals surface area contributed by atoms with Crippen LogP contribution in [0.3, 0.4) is 0 Å². The third-order valence-corrected chi connectivity index (χ3v) is 3.42. The third-order valence-electron chi connectivity index (χ3n) is 2.93. The molecule has 0 radical (unpaired) electrons. The van der Waals surface area contributed by atoms with E-state index in [4.69, 9.17) is 0 Å². The molecule has 1 amide bonds. The lowest BCUT2D eigenvalue weighted by Gasteiger charge is -2.18. The molecule has 110 valence electrons. The molecule has 1 aromatic rings. The zero-order valence-electron chi connectivity index (χ0n) is 10.5. The molecular formula is C12H12BrF3N2O2. The normalized spacial score (nSPS) is 19.4. The summed E-state index contributed by atoms with van der Waals surface area (Å²) in [4.78, 5) is 13.3. The number of rotatable bonds is 3. The molecule has 1 saturated heterocycles. The summed E-state index contributed by atoms with van der Waals surface area (Å²) in [6, 6.07) is 3.70. The molecule has 0 saturated carbocycles. The molecule has 1 fully saturated rings. The second-order valence-corrected chi connectivity index (χ2v) is 5.35. The number of anilines is 1. The first-order valence-electron chi connectivity index (χ1n) is 5.83. The lowest BCUT2D eigenvalue weighted by Crippen LogP contribution is -2.31. The molecule has 1 N–H and O–H groups in total. The molecule has 0 aromatic heterocycles. The summed E-state index contributed by atoms with van der Waals surface area (Å²) in [6.07, 6.45) is -4.25. The van der Waals surface area contributed by atoms with Crippen molar-refractivity contribution in [1.29, 1.82) is 0 Å². The summed E-state index contributed by atoms with van der Waals surface area (Å²) in [5.74, 6) is -0.514. The van der Waals surface area contributed by atoms with Crippen LogP contribution in [0.2, 0.25) is 0 Å². The van der Waals surface area contributed by atoms with E-state index in [1.807, 2.05) is 0 Å². The summed E-state index contributed by atoms with van der Waals surface area (Å²) in [5, 5.41) is 2.80. The zero-order chi connectivity index (χ0) is 14.9. The number of hydrogen-bond acceptors (Lipinski definition) is 3. The number of carbonyl (C=O) groups is 1. The van der Waals surface area contributed by atoms with Gasteiger partial charge in [0.25, 0.3) is 0 Å². The summed E-state index contributed by atoms with van der Waals surface area (Å²) >= 11 is 3.09. The quantitative estimate of drug-likeness (QED) is 0.909. The first kappa shape index (κ1) is 15.0. The minimum atomic E-state index is -4.78. The minimum Gasteiger partial charge on any atom is -0.404 e. The Hall–Kier alpha value is -1.44. The van der Waals surface area contributed by atoms with Crippen LogP contribution in [-0.2, 0) is 4.79 Å². The molecule has 0 bridgehead atoms. The van der Waals surface area contributed by atoms with E-state index in [-0.39, 0.29) is 17.3 Å². The summed E-state index contributed by atoms with van der Waals surface area (Å²) in [5.41, 5.74) is 0.138. The van der Waals surface area contributed by atoms with Gasteiger partial charge in [-0.3, -0.25) is 4.79 Å². The molecule has 0 aliphatic carbocycles. The average Bonchev–Trinajstić information content (AvgIpc) is 2.62. The van der Waals surface area contributed by atoms with E-state index in [2.05, 4.69) is 26.0 Å². The van der Waals surface area contributed by atoms with Crippen LogP contribution in [0, 0.1) is 0 Å². The highest BCUT2D eigenvalue weighted by Gasteiger charge is 2.34.